The number of benzene rings is 1. The maximum absolute atomic E-state index is 13.8. The minimum atomic E-state index is -4.64. The lowest BCUT2D eigenvalue weighted by Crippen LogP contribution is -2.40. The van der Waals surface area contributed by atoms with Crippen LogP contribution in [0.25, 0.3) is 0 Å². The Morgan fingerprint density at radius 1 is 1.30 bits per heavy atom. The molecule has 1 heterocycles. The van der Waals surface area contributed by atoms with Crippen LogP contribution in [0.1, 0.15) is 19.4 Å². The summed E-state index contributed by atoms with van der Waals surface area (Å²) in [5.74, 6) is -1.75. The molecule has 0 saturated heterocycles. The quantitative estimate of drug-likeness (QED) is 0.578. The molecule has 0 spiro atoms. The van der Waals surface area contributed by atoms with Gasteiger partial charge in [0.2, 0.25) is 0 Å². The van der Waals surface area contributed by atoms with E-state index in [0.29, 0.717) is 12.1 Å². The van der Waals surface area contributed by atoms with Crippen molar-refractivity contribution in [1.29, 1.82) is 0 Å². The number of halogens is 5. The summed E-state index contributed by atoms with van der Waals surface area (Å²) in [6.07, 6.45) is -1.47. The largest absolute Gasteiger partial charge is 0.416 e. The lowest BCUT2D eigenvalue weighted by atomic mass is 10.0. The number of anilines is 1. The topological polar surface area (TPSA) is 46.9 Å². The molecule has 0 unspecified atom stereocenters. The number of carbonyl (C=O) groups excluding carboxylic acids is 1. The molecule has 0 bridgehead atoms. The van der Waals surface area contributed by atoms with Gasteiger partial charge in [-0.3, -0.25) is 9.48 Å². The van der Waals surface area contributed by atoms with Crippen LogP contribution >= 0.6 is 22.6 Å². The smallest absolute Gasteiger partial charge is 0.321 e. The van der Waals surface area contributed by atoms with E-state index in [1.807, 2.05) is 22.6 Å². The van der Waals surface area contributed by atoms with Crippen LogP contribution in [0.5, 0.6) is 0 Å². The number of nitrogens with zero attached hydrogens (tertiary/aromatic N) is 2. The second-order valence-corrected chi connectivity index (χ2v) is 6.55. The van der Waals surface area contributed by atoms with Crippen LogP contribution in [-0.4, -0.2) is 15.7 Å². The van der Waals surface area contributed by atoms with E-state index in [4.69, 9.17) is 0 Å². The van der Waals surface area contributed by atoms with Gasteiger partial charge in [0.25, 0.3) is 5.91 Å². The second kappa shape index (κ2) is 6.10. The fraction of sp³-hybridized carbons (Fsp3) is 0.286. The van der Waals surface area contributed by atoms with Crippen LogP contribution in [0, 0.1) is 9.39 Å². The van der Waals surface area contributed by atoms with Crippen molar-refractivity contribution in [3.8, 4) is 0 Å². The fourth-order valence-corrected chi connectivity index (χ4v) is 2.17. The Morgan fingerprint density at radius 2 is 1.96 bits per heavy atom. The third kappa shape index (κ3) is 3.82. The first-order valence-corrected chi connectivity index (χ1v) is 7.48. The van der Waals surface area contributed by atoms with E-state index in [0.717, 1.165) is 9.64 Å². The van der Waals surface area contributed by atoms with Gasteiger partial charge < -0.3 is 5.32 Å². The average Bonchev–Trinajstić information content (AvgIpc) is 2.87. The fourth-order valence-electron chi connectivity index (χ4n) is 1.78. The highest BCUT2D eigenvalue weighted by Crippen LogP contribution is 2.31. The van der Waals surface area contributed by atoms with Gasteiger partial charge in [-0.2, -0.15) is 18.3 Å². The Bertz CT molecular complexity index is 740. The molecule has 4 nitrogen and oxygen atoms in total. The Balaban J connectivity index is 2.23. The zero-order valence-corrected chi connectivity index (χ0v) is 14.2. The summed E-state index contributed by atoms with van der Waals surface area (Å²) in [7, 11) is 0. The first-order valence-electron chi connectivity index (χ1n) is 6.40. The van der Waals surface area contributed by atoms with E-state index in [1.165, 1.54) is 4.68 Å². The third-order valence-electron chi connectivity index (χ3n) is 3.22. The SMILES string of the molecule is CC(C)(C(=O)Nc1ccc(C(F)(F)F)cc1F)n1cc(I)cn1. The van der Waals surface area contributed by atoms with Gasteiger partial charge in [-0.1, -0.05) is 0 Å². The second-order valence-electron chi connectivity index (χ2n) is 5.31. The zero-order valence-electron chi connectivity index (χ0n) is 12.1. The molecule has 0 aliphatic heterocycles. The van der Waals surface area contributed by atoms with Gasteiger partial charge in [0.1, 0.15) is 11.4 Å². The third-order valence-corrected chi connectivity index (χ3v) is 3.78. The number of alkyl halides is 3. The number of carbonyl (C=O) groups is 1. The molecule has 0 aliphatic carbocycles. The molecule has 124 valence electrons. The van der Waals surface area contributed by atoms with Crippen LogP contribution in [0.2, 0.25) is 0 Å². The molecule has 0 atom stereocenters. The van der Waals surface area contributed by atoms with E-state index in [-0.39, 0.29) is 5.69 Å². The molecule has 23 heavy (non-hydrogen) atoms. The Labute approximate surface area is 143 Å². The van der Waals surface area contributed by atoms with Crippen LogP contribution in [0.3, 0.4) is 0 Å². The summed E-state index contributed by atoms with van der Waals surface area (Å²) in [6.45, 7) is 3.13. The lowest BCUT2D eigenvalue weighted by molar-refractivity contribution is -0.137. The predicted molar refractivity (Wildman–Crippen MR) is 84.3 cm³/mol. The average molecular weight is 441 g/mol. The van der Waals surface area contributed by atoms with Gasteiger partial charge in [0, 0.05) is 6.20 Å². The molecule has 1 N–H and O–H groups in total. The number of amides is 1. The summed E-state index contributed by atoms with van der Waals surface area (Å²) in [5, 5.41) is 6.32. The molecule has 2 aromatic rings. The number of hydrogen-bond acceptors (Lipinski definition) is 2. The molecule has 0 saturated carbocycles. The van der Waals surface area contributed by atoms with Crippen LogP contribution < -0.4 is 5.32 Å². The Hall–Kier alpha value is -1.65. The van der Waals surface area contributed by atoms with Crippen molar-refractivity contribution in [2.45, 2.75) is 25.6 Å². The summed E-state index contributed by atoms with van der Waals surface area (Å²) in [6, 6.07) is 1.95. The highest BCUT2D eigenvalue weighted by atomic mass is 127. The zero-order chi connectivity index (χ0) is 17.4. The molecular weight excluding hydrogens is 429 g/mol. The van der Waals surface area contributed by atoms with Gasteiger partial charge in [-0.25, -0.2) is 4.39 Å². The van der Waals surface area contributed by atoms with E-state index in [1.54, 1.807) is 26.2 Å². The van der Waals surface area contributed by atoms with Crippen molar-refractivity contribution in [3.05, 3.63) is 45.5 Å². The van der Waals surface area contributed by atoms with Gasteiger partial charge in [-0.05, 0) is 54.6 Å². The number of nitrogens with one attached hydrogen (secondary N) is 1. The highest BCUT2D eigenvalue weighted by Gasteiger charge is 2.33. The van der Waals surface area contributed by atoms with Crippen molar-refractivity contribution in [2.24, 2.45) is 0 Å². The first-order chi connectivity index (χ1) is 10.5. The van der Waals surface area contributed by atoms with Gasteiger partial charge in [0.05, 0.1) is 21.0 Å². The normalized spacial score (nSPS) is 12.3. The Morgan fingerprint density at radius 3 is 2.43 bits per heavy atom. The van der Waals surface area contributed by atoms with E-state index in [2.05, 4.69) is 10.4 Å². The minimum Gasteiger partial charge on any atom is -0.321 e. The van der Waals surface area contributed by atoms with Crippen LogP contribution in [0.4, 0.5) is 23.2 Å². The van der Waals surface area contributed by atoms with Crippen molar-refractivity contribution in [1.82, 2.24) is 9.78 Å². The minimum absolute atomic E-state index is 0.321. The molecular formula is C14H12F4IN3O. The van der Waals surface area contributed by atoms with Crippen molar-refractivity contribution in [2.75, 3.05) is 5.32 Å². The standard InChI is InChI=1S/C14H12F4IN3O/c1-13(2,22-7-9(19)6-20-22)12(23)21-11-4-3-8(5-10(11)15)14(16,17)18/h3-7H,1-2H3,(H,21,23). The summed E-state index contributed by atoms with van der Waals surface area (Å²) in [4.78, 5) is 12.3. The van der Waals surface area contributed by atoms with Crippen LogP contribution in [0.15, 0.2) is 30.6 Å². The van der Waals surface area contributed by atoms with E-state index in [9.17, 15) is 22.4 Å². The molecule has 0 fully saturated rings. The molecule has 9 heteroatoms. The van der Waals surface area contributed by atoms with Crippen LogP contribution in [-0.2, 0) is 16.5 Å². The van der Waals surface area contributed by atoms with Crippen molar-refractivity contribution in [3.63, 3.8) is 0 Å². The summed E-state index contributed by atoms with van der Waals surface area (Å²) in [5.41, 5.74) is -2.58. The van der Waals surface area contributed by atoms with Crippen molar-refractivity contribution >= 4 is 34.2 Å². The molecule has 1 aromatic carbocycles. The van der Waals surface area contributed by atoms with Gasteiger partial charge >= 0.3 is 6.18 Å². The maximum Gasteiger partial charge on any atom is 0.416 e. The predicted octanol–water partition coefficient (Wildman–Crippen LogP) is 4.02. The molecule has 1 aromatic heterocycles. The number of aromatic nitrogens is 2. The summed E-state index contributed by atoms with van der Waals surface area (Å²) < 4.78 is 53.5. The molecule has 0 aliphatic rings. The van der Waals surface area contributed by atoms with Gasteiger partial charge in [-0.15, -0.1) is 0 Å². The number of hydrogen-bond donors (Lipinski definition) is 1. The van der Waals surface area contributed by atoms with E-state index < -0.39 is 29.0 Å². The first kappa shape index (κ1) is 17.7. The number of rotatable bonds is 3. The summed E-state index contributed by atoms with van der Waals surface area (Å²) >= 11 is 2.02. The Kier molecular flexibility index (Phi) is 4.69. The van der Waals surface area contributed by atoms with Gasteiger partial charge in [0.15, 0.2) is 0 Å². The van der Waals surface area contributed by atoms with E-state index >= 15 is 0 Å². The van der Waals surface area contributed by atoms with Crippen molar-refractivity contribution < 1.29 is 22.4 Å². The maximum atomic E-state index is 13.8. The molecule has 0 radical (unpaired) electrons. The molecule has 2 rings (SSSR count). The molecule has 1 amide bonds. The highest BCUT2D eigenvalue weighted by molar-refractivity contribution is 14.1. The lowest BCUT2D eigenvalue weighted by Gasteiger charge is -2.24. The monoisotopic (exact) mass is 441 g/mol.